The Morgan fingerprint density at radius 2 is 2.15 bits per heavy atom. The molecular formula is C20H29N5O. The summed E-state index contributed by atoms with van der Waals surface area (Å²) in [6, 6.07) is 3.82. The molecule has 0 aromatic carbocycles. The lowest BCUT2D eigenvalue weighted by Crippen LogP contribution is -2.40. The lowest BCUT2D eigenvalue weighted by Gasteiger charge is -2.29. The van der Waals surface area contributed by atoms with E-state index < -0.39 is 0 Å². The second-order valence-corrected chi connectivity index (χ2v) is 8.49. The smallest absolute Gasteiger partial charge is 0.319 e. The Morgan fingerprint density at radius 3 is 2.85 bits per heavy atom. The molecule has 26 heavy (non-hydrogen) atoms. The fourth-order valence-corrected chi connectivity index (χ4v) is 3.37. The highest BCUT2D eigenvalue weighted by atomic mass is 16.2. The van der Waals surface area contributed by atoms with Gasteiger partial charge in [0.05, 0.1) is 12.7 Å². The van der Waals surface area contributed by atoms with Gasteiger partial charge >= 0.3 is 6.03 Å². The molecule has 2 amide bonds. The molecule has 0 spiro atoms. The van der Waals surface area contributed by atoms with Crippen LogP contribution in [-0.2, 0) is 19.4 Å². The Labute approximate surface area is 155 Å². The van der Waals surface area contributed by atoms with Gasteiger partial charge < -0.3 is 4.90 Å². The average Bonchev–Trinajstić information content (AvgIpc) is 2.94. The van der Waals surface area contributed by atoms with E-state index in [9.17, 15) is 4.79 Å². The van der Waals surface area contributed by atoms with Crippen LogP contribution in [0.4, 0.5) is 10.6 Å². The van der Waals surface area contributed by atoms with E-state index in [1.165, 1.54) is 5.56 Å². The molecule has 6 heteroatoms. The van der Waals surface area contributed by atoms with Crippen LogP contribution in [0.15, 0.2) is 24.5 Å². The number of nitrogens with one attached hydrogen (secondary N) is 2. The molecule has 3 rings (SSSR count). The van der Waals surface area contributed by atoms with Crippen LogP contribution >= 0.6 is 0 Å². The summed E-state index contributed by atoms with van der Waals surface area (Å²) < 4.78 is 0. The van der Waals surface area contributed by atoms with E-state index in [1.54, 1.807) is 0 Å². The molecule has 2 N–H and O–H groups in total. The summed E-state index contributed by atoms with van der Waals surface area (Å²) in [4.78, 5) is 19.0. The molecular weight excluding hydrogens is 326 g/mol. The Bertz CT molecular complexity index is 748. The number of aromatic nitrogens is 3. The maximum atomic E-state index is 12.8. The number of nitrogens with zero attached hydrogens (tertiary/aromatic N) is 3. The van der Waals surface area contributed by atoms with Crippen molar-refractivity contribution in [2.75, 3.05) is 11.9 Å². The Hall–Kier alpha value is -2.37. The Morgan fingerprint density at radius 1 is 1.35 bits per heavy atom. The number of rotatable bonds is 4. The van der Waals surface area contributed by atoms with Crippen LogP contribution in [0.25, 0.3) is 0 Å². The maximum Gasteiger partial charge on any atom is 0.323 e. The molecule has 140 valence electrons. The zero-order valence-electron chi connectivity index (χ0n) is 16.2. The number of aromatic amines is 1. The topological polar surface area (TPSA) is 73.9 Å². The van der Waals surface area contributed by atoms with Gasteiger partial charge in [-0.3, -0.25) is 10.4 Å². The summed E-state index contributed by atoms with van der Waals surface area (Å²) in [5.41, 5.74) is 3.40. The van der Waals surface area contributed by atoms with Gasteiger partial charge in [-0.1, -0.05) is 33.8 Å². The van der Waals surface area contributed by atoms with Crippen molar-refractivity contribution in [3.05, 3.63) is 41.3 Å². The van der Waals surface area contributed by atoms with Crippen molar-refractivity contribution in [3.63, 3.8) is 0 Å². The maximum absolute atomic E-state index is 12.8. The second-order valence-electron chi connectivity index (χ2n) is 8.49. The van der Waals surface area contributed by atoms with Crippen molar-refractivity contribution in [1.82, 2.24) is 20.1 Å². The summed E-state index contributed by atoms with van der Waals surface area (Å²) in [6.07, 6.45) is 6.72. The van der Waals surface area contributed by atoms with Crippen LogP contribution in [0, 0.1) is 11.3 Å². The van der Waals surface area contributed by atoms with Gasteiger partial charge in [0.15, 0.2) is 0 Å². The number of carbonyl (C=O) groups excluding carboxylic acids is 1. The zero-order valence-corrected chi connectivity index (χ0v) is 16.2. The first kappa shape index (κ1) is 18.4. The highest BCUT2D eigenvalue weighted by Gasteiger charge is 2.31. The minimum atomic E-state index is -0.116. The second kappa shape index (κ2) is 7.48. The number of aryl methyl sites for hydroxylation is 1. The van der Waals surface area contributed by atoms with Crippen LogP contribution in [0.2, 0.25) is 0 Å². The number of fused-ring (bicyclic) bond motifs is 1. The van der Waals surface area contributed by atoms with Gasteiger partial charge in [-0.05, 0) is 42.2 Å². The number of carbonyl (C=O) groups is 1. The Kier molecular flexibility index (Phi) is 5.30. The molecule has 0 bridgehead atoms. The molecule has 0 saturated heterocycles. The van der Waals surface area contributed by atoms with Gasteiger partial charge in [0.1, 0.15) is 5.82 Å². The molecule has 0 aliphatic carbocycles. The predicted octanol–water partition coefficient (Wildman–Crippen LogP) is 4.01. The molecule has 0 fully saturated rings. The molecule has 0 radical (unpaired) electrons. The minimum Gasteiger partial charge on any atom is -0.319 e. The highest BCUT2D eigenvalue weighted by molar-refractivity contribution is 5.88. The quantitative estimate of drug-likeness (QED) is 0.870. The van der Waals surface area contributed by atoms with Crippen molar-refractivity contribution in [2.45, 2.75) is 53.5 Å². The summed E-state index contributed by atoms with van der Waals surface area (Å²) in [7, 11) is 0. The van der Waals surface area contributed by atoms with E-state index >= 15 is 0 Å². The van der Waals surface area contributed by atoms with E-state index in [0.717, 1.165) is 30.5 Å². The van der Waals surface area contributed by atoms with Crippen LogP contribution in [-0.4, -0.2) is 32.7 Å². The summed E-state index contributed by atoms with van der Waals surface area (Å²) in [5.74, 6) is 1.27. The van der Waals surface area contributed by atoms with Crippen LogP contribution in [0.1, 0.15) is 50.9 Å². The molecule has 2 aromatic rings. The third-order valence-electron chi connectivity index (χ3n) is 4.80. The number of hydrogen-bond donors (Lipinski definition) is 2. The van der Waals surface area contributed by atoms with Gasteiger partial charge in [-0.15, -0.1) is 0 Å². The molecule has 1 aliphatic rings. The van der Waals surface area contributed by atoms with Gasteiger partial charge in [-0.25, -0.2) is 9.78 Å². The summed E-state index contributed by atoms with van der Waals surface area (Å²) >= 11 is 0. The zero-order chi connectivity index (χ0) is 18.7. The van der Waals surface area contributed by atoms with E-state index in [-0.39, 0.29) is 11.4 Å². The first-order valence-corrected chi connectivity index (χ1v) is 9.34. The lowest BCUT2D eigenvalue weighted by molar-refractivity contribution is 0.180. The first-order valence-electron chi connectivity index (χ1n) is 9.34. The fraction of sp³-hybridized carbons (Fsp3) is 0.550. The predicted molar refractivity (Wildman–Crippen MR) is 103 cm³/mol. The average molecular weight is 355 g/mol. The summed E-state index contributed by atoms with van der Waals surface area (Å²) in [6.45, 7) is 10.0. The van der Waals surface area contributed by atoms with Crippen molar-refractivity contribution in [2.24, 2.45) is 11.3 Å². The van der Waals surface area contributed by atoms with Crippen molar-refractivity contribution < 1.29 is 4.79 Å². The van der Waals surface area contributed by atoms with Gasteiger partial charge in [-0.2, -0.15) is 5.10 Å². The largest absolute Gasteiger partial charge is 0.323 e. The Balaban J connectivity index is 1.65. The monoisotopic (exact) mass is 355 g/mol. The number of amides is 2. The molecule has 2 aromatic heterocycles. The molecule has 0 unspecified atom stereocenters. The molecule has 1 aliphatic heterocycles. The number of H-pyrrole nitrogens is 1. The highest BCUT2D eigenvalue weighted by Crippen LogP contribution is 2.29. The number of hydrogen-bond acceptors (Lipinski definition) is 3. The number of anilines is 1. The molecule has 0 saturated carbocycles. The van der Waals surface area contributed by atoms with Crippen molar-refractivity contribution >= 4 is 11.8 Å². The van der Waals surface area contributed by atoms with Gasteiger partial charge in [0.25, 0.3) is 0 Å². The van der Waals surface area contributed by atoms with E-state index in [2.05, 4.69) is 48.2 Å². The van der Waals surface area contributed by atoms with Crippen LogP contribution < -0.4 is 5.32 Å². The van der Waals surface area contributed by atoms with Crippen LogP contribution in [0.3, 0.4) is 0 Å². The third-order valence-corrected chi connectivity index (χ3v) is 4.80. The van der Waals surface area contributed by atoms with Crippen molar-refractivity contribution in [1.29, 1.82) is 0 Å². The minimum absolute atomic E-state index is 0.0107. The van der Waals surface area contributed by atoms with E-state index in [4.69, 9.17) is 0 Å². The molecule has 0 atom stereocenters. The SMILES string of the molecule is CC(C)CCc1ccc(NC(=O)N2Cc3cn[nH]c3CC(C)(C)C2)nc1. The van der Waals surface area contributed by atoms with Crippen molar-refractivity contribution in [3.8, 4) is 0 Å². The summed E-state index contributed by atoms with van der Waals surface area (Å²) in [5, 5.41) is 10.1. The number of urea groups is 1. The third kappa shape index (κ3) is 4.62. The first-order chi connectivity index (χ1) is 12.3. The normalized spacial score (nSPS) is 16.3. The van der Waals surface area contributed by atoms with E-state index in [1.807, 2.05) is 29.4 Å². The fourth-order valence-electron chi connectivity index (χ4n) is 3.37. The van der Waals surface area contributed by atoms with E-state index in [0.29, 0.717) is 24.8 Å². The van der Waals surface area contributed by atoms with Gasteiger partial charge in [0.2, 0.25) is 0 Å². The van der Waals surface area contributed by atoms with Gasteiger partial charge in [0, 0.05) is 24.0 Å². The lowest BCUT2D eigenvalue weighted by atomic mass is 9.88. The standard InChI is InChI=1S/C20H29N5O/c1-14(2)5-6-15-7-8-18(21-10-15)23-19(26)25-12-16-11-22-24-17(16)9-20(3,4)13-25/h7-8,10-11,14H,5-6,9,12-13H2,1-4H3,(H,22,24)(H,21,23,26). The molecule has 3 heterocycles. The van der Waals surface area contributed by atoms with Crippen LogP contribution in [0.5, 0.6) is 0 Å². The number of pyridine rings is 1. The molecule has 6 nitrogen and oxygen atoms in total.